The van der Waals surface area contributed by atoms with Crippen LogP contribution >= 0.6 is 27.5 Å². The van der Waals surface area contributed by atoms with Gasteiger partial charge in [-0.3, -0.25) is 4.98 Å². The fourth-order valence-electron chi connectivity index (χ4n) is 1.28. The molecule has 0 aliphatic carbocycles. The van der Waals surface area contributed by atoms with E-state index in [1.165, 1.54) is 0 Å². The van der Waals surface area contributed by atoms with Crippen LogP contribution in [0.25, 0.3) is 10.9 Å². The van der Waals surface area contributed by atoms with Crippen molar-refractivity contribution in [1.29, 1.82) is 0 Å². The van der Waals surface area contributed by atoms with Gasteiger partial charge in [0.1, 0.15) is 4.90 Å². The van der Waals surface area contributed by atoms with Gasteiger partial charge in [-0.25, -0.2) is 0 Å². The molecule has 84 valence electrons. The van der Waals surface area contributed by atoms with Crippen LogP contribution in [0.3, 0.4) is 0 Å². The van der Waals surface area contributed by atoms with Crippen molar-refractivity contribution in [3.05, 3.63) is 33.9 Å². The lowest BCUT2D eigenvalue weighted by atomic mass is 10.2. The highest BCUT2D eigenvalue weighted by molar-refractivity contribution is 9.10. The van der Waals surface area contributed by atoms with Crippen LogP contribution in [0, 0.1) is 0 Å². The van der Waals surface area contributed by atoms with E-state index >= 15 is 0 Å². The molecule has 0 aliphatic rings. The number of fused-ring (bicyclic) bond motifs is 1. The Hall–Kier alpha value is -0.720. The molecule has 1 aromatic heterocycles. The molecule has 0 spiro atoms. The van der Waals surface area contributed by atoms with Crippen LogP contribution in [0.1, 0.15) is 0 Å². The summed E-state index contributed by atoms with van der Waals surface area (Å²) in [6.45, 7) is 0. The van der Waals surface area contributed by atoms with Gasteiger partial charge in [-0.05, 0) is 12.1 Å². The monoisotopic (exact) mass is 323 g/mol. The van der Waals surface area contributed by atoms with Crippen molar-refractivity contribution < 1.29 is 12.3 Å². The Bertz CT molecular complexity index is 675. The number of pyridine rings is 1. The fourth-order valence-corrected chi connectivity index (χ4v) is 2.62. The second kappa shape index (κ2) is 3.94. The Kier molecular flexibility index (Phi) is 2.90. The lowest BCUT2D eigenvalue weighted by Gasteiger charge is -2.03. The third kappa shape index (κ3) is 2.05. The summed E-state index contributed by atoms with van der Waals surface area (Å²) in [5.74, 6) is 0. The van der Waals surface area contributed by atoms with Crippen molar-refractivity contribution in [2.24, 2.45) is 0 Å². The molecule has 0 unspecified atom stereocenters. The summed E-state index contributed by atoms with van der Waals surface area (Å²) < 4.78 is 35.1. The van der Waals surface area contributed by atoms with Gasteiger partial charge in [-0.2, -0.15) is 8.42 Å². The first-order valence-electron chi connectivity index (χ1n) is 4.08. The van der Waals surface area contributed by atoms with Gasteiger partial charge >= 0.3 is 10.2 Å². The molecule has 0 saturated heterocycles. The molecular formula is C9H4BrClFNO2S. The van der Waals surface area contributed by atoms with E-state index < -0.39 is 15.1 Å². The number of nitrogens with zero attached hydrogens (tertiary/aromatic N) is 1. The minimum Gasteiger partial charge on any atom is -0.255 e. The Morgan fingerprint density at radius 3 is 2.69 bits per heavy atom. The van der Waals surface area contributed by atoms with Gasteiger partial charge in [-0.15, -0.1) is 3.89 Å². The molecule has 0 fully saturated rings. The van der Waals surface area contributed by atoms with Crippen LogP contribution in [0.15, 0.2) is 33.8 Å². The average molecular weight is 325 g/mol. The number of aromatic nitrogens is 1. The topological polar surface area (TPSA) is 47.0 Å². The second-order valence-corrected chi connectivity index (χ2v) is 5.64. The molecule has 0 aliphatic heterocycles. The quantitative estimate of drug-likeness (QED) is 0.756. The normalized spacial score (nSPS) is 11.9. The smallest absolute Gasteiger partial charge is 0.255 e. The van der Waals surface area contributed by atoms with Gasteiger partial charge in [0.2, 0.25) is 0 Å². The van der Waals surface area contributed by atoms with Crippen LogP contribution in [-0.4, -0.2) is 13.4 Å². The molecular weight excluding hydrogens is 321 g/mol. The Morgan fingerprint density at radius 1 is 1.38 bits per heavy atom. The predicted octanol–water partition coefficient (Wildman–Crippen LogP) is 3.31. The summed E-state index contributed by atoms with van der Waals surface area (Å²) in [5, 5.41) is 0.239. The number of halogens is 3. The zero-order valence-corrected chi connectivity index (χ0v) is 10.8. The van der Waals surface area contributed by atoms with Gasteiger partial charge in [0.25, 0.3) is 0 Å². The summed E-state index contributed by atoms with van der Waals surface area (Å²) in [4.78, 5) is 3.23. The third-order valence-corrected chi connectivity index (χ3v) is 3.84. The van der Waals surface area contributed by atoms with Gasteiger partial charge in [0.05, 0.1) is 16.7 Å². The highest BCUT2D eigenvalue weighted by atomic mass is 79.9. The zero-order valence-electron chi connectivity index (χ0n) is 7.62. The van der Waals surface area contributed by atoms with Crippen molar-refractivity contribution in [1.82, 2.24) is 4.98 Å². The molecule has 16 heavy (non-hydrogen) atoms. The van der Waals surface area contributed by atoms with E-state index in [0.29, 0.717) is 10.9 Å². The van der Waals surface area contributed by atoms with Crippen LogP contribution in [0.4, 0.5) is 3.89 Å². The van der Waals surface area contributed by atoms with E-state index in [0.717, 1.165) is 10.7 Å². The second-order valence-electron chi connectivity index (χ2n) is 3.04. The summed E-state index contributed by atoms with van der Waals surface area (Å²) in [6.07, 6.45) is 0.909. The average Bonchev–Trinajstić information content (AvgIpc) is 2.15. The SMILES string of the molecule is O=S(=O)(F)c1cnc2cc(Br)ccc2c1Cl. The van der Waals surface area contributed by atoms with Crippen molar-refractivity contribution in [3.63, 3.8) is 0 Å². The minimum atomic E-state index is -4.84. The van der Waals surface area contributed by atoms with Gasteiger partial charge in [-0.1, -0.05) is 33.6 Å². The Morgan fingerprint density at radius 2 is 2.06 bits per heavy atom. The molecule has 0 bridgehead atoms. The summed E-state index contributed by atoms with van der Waals surface area (Å²) >= 11 is 9.04. The van der Waals surface area contributed by atoms with E-state index in [1.807, 2.05) is 0 Å². The Labute approximate surface area is 105 Å². The van der Waals surface area contributed by atoms with Crippen molar-refractivity contribution in [2.75, 3.05) is 0 Å². The van der Waals surface area contributed by atoms with Crippen LogP contribution in [0.5, 0.6) is 0 Å². The third-order valence-electron chi connectivity index (χ3n) is 2.00. The molecule has 7 heteroatoms. The predicted molar refractivity (Wildman–Crippen MR) is 62.7 cm³/mol. The molecule has 0 amide bonds. The van der Waals surface area contributed by atoms with E-state index in [-0.39, 0.29) is 5.02 Å². The highest BCUT2D eigenvalue weighted by Gasteiger charge is 2.19. The molecule has 0 radical (unpaired) electrons. The zero-order chi connectivity index (χ0) is 11.9. The number of rotatable bonds is 1. The summed E-state index contributed by atoms with van der Waals surface area (Å²) in [7, 11) is -4.84. The van der Waals surface area contributed by atoms with Crippen LogP contribution in [-0.2, 0) is 10.2 Å². The number of hydrogen-bond acceptors (Lipinski definition) is 3. The van der Waals surface area contributed by atoms with Crippen molar-refractivity contribution in [2.45, 2.75) is 4.90 Å². The number of hydrogen-bond donors (Lipinski definition) is 0. The molecule has 0 N–H and O–H groups in total. The molecule has 0 atom stereocenters. The maximum atomic E-state index is 12.8. The molecule has 1 heterocycles. The fraction of sp³-hybridized carbons (Fsp3) is 0. The maximum Gasteiger partial charge on any atom is 0.335 e. The lowest BCUT2D eigenvalue weighted by Crippen LogP contribution is -1.95. The first-order valence-corrected chi connectivity index (χ1v) is 6.63. The number of benzene rings is 1. The minimum absolute atomic E-state index is 0.153. The van der Waals surface area contributed by atoms with Gasteiger partial charge in [0, 0.05) is 9.86 Å². The van der Waals surface area contributed by atoms with E-state index in [4.69, 9.17) is 11.6 Å². The Balaban J connectivity index is 2.86. The van der Waals surface area contributed by atoms with E-state index in [2.05, 4.69) is 20.9 Å². The largest absolute Gasteiger partial charge is 0.335 e. The van der Waals surface area contributed by atoms with Gasteiger partial charge < -0.3 is 0 Å². The highest BCUT2D eigenvalue weighted by Crippen LogP contribution is 2.31. The van der Waals surface area contributed by atoms with Crippen molar-refractivity contribution >= 4 is 48.7 Å². The molecule has 2 aromatic rings. The molecule has 2 rings (SSSR count). The maximum absolute atomic E-state index is 12.8. The molecule has 1 aromatic carbocycles. The summed E-state index contributed by atoms with van der Waals surface area (Å²) in [6, 6.07) is 4.91. The van der Waals surface area contributed by atoms with Crippen molar-refractivity contribution in [3.8, 4) is 0 Å². The van der Waals surface area contributed by atoms with E-state index in [9.17, 15) is 12.3 Å². The van der Waals surface area contributed by atoms with E-state index in [1.54, 1.807) is 18.2 Å². The van der Waals surface area contributed by atoms with Crippen LogP contribution < -0.4 is 0 Å². The summed E-state index contributed by atoms with van der Waals surface area (Å²) in [5.41, 5.74) is 0.492. The molecule has 3 nitrogen and oxygen atoms in total. The first kappa shape index (κ1) is 11.8. The standard InChI is InChI=1S/C9H4BrClFNO2S/c10-5-1-2-6-7(3-5)13-4-8(9(6)11)16(12,14)15/h1-4H. The van der Waals surface area contributed by atoms with Crippen LogP contribution in [0.2, 0.25) is 5.02 Å². The lowest BCUT2D eigenvalue weighted by molar-refractivity contribution is 0.552. The molecule has 0 saturated carbocycles. The van der Waals surface area contributed by atoms with Gasteiger partial charge in [0.15, 0.2) is 0 Å². The first-order chi connectivity index (χ1) is 7.39.